The third-order valence-corrected chi connectivity index (χ3v) is 2.37. The summed E-state index contributed by atoms with van der Waals surface area (Å²) in [4.78, 5) is 0. The molecule has 1 heterocycles. The largest absolute Gasteiger partial charge is 0.497 e. The maximum Gasteiger partial charge on any atom is 0.146 e. The lowest BCUT2D eigenvalue weighted by Gasteiger charge is -2.05. The van der Waals surface area contributed by atoms with Crippen LogP contribution in [0.15, 0.2) is 30.3 Å². The molecule has 0 bridgehead atoms. The number of benzene rings is 1. The number of rotatable bonds is 2. The SMILES string of the molecule is COc1ccc(-c2nnc(N)cc2C)cc1. The Morgan fingerprint density at radius 1 is 1.12 bits per heavy atom. The van der Waals surface area contributed by atoms with Crippen molar-refractivity contribution in [3.05, 3.63) is 35.9 Å². The molecule has 0 aliphatic heterocycles. The average Bonchev–Trinajstić information content (AvgIpc) is 2.29. The van der Waals surface area contributed by atoms with E-state index in [1.807, 2.05) is 37.3 Å². The van der Waals surface area contributed by atoms with Crippen LogP contribution in [-0.4, -0.2) is 17.3 Å². The first-order valence-corrected chi connectivity index (χ1v) is 4.95. The molecule has 0 saturated carbocycles. The van der Waals surface area contributed by atoms with E-state index in [0.29, 0.717) is 5.82 Å². The quantitative estimate of drug-likeness (QED) is 0.832. The number of methoxy groups -OCH3 is 1. The maximum atomic E-state index is 5.56. The monoisotopic (exact) mass is 215 g/mol. The molecule has 0 aliphatic rings. The van der Waals surface area contributed by atoms with Crippen LogP contribution in [0.1, 0.15) is 5.56 Å². The first kappa shape index (κ1) is 10.4. The molecule has 16 heavy (non-hydrogen) atoms. The van der Waals surface area contributed by atoms with E-state index in [4.69, 9.17) is 10.5 Å². The number of ether oxygens (including phenoxy) is 1. The summed E-state index contributed by atoms with van der Waals surface area (Å²) in [5.74, 6) is 1.26. The second-order valence-electron chi connectivity index (χ2n) is 3.53. The Morgan fingerprint density at radius 3 is 2.38 bits per heavy atom. The molecule has 0 amide bonds. The zero-order valence-corrected chi connectivity index (χ0v) is 9.27. The van der Waals surface area contributed by atoms with Crippen molar-refractivity contribution in [3.8, 4) is 17.0 Å². The zero-order chi connectivity index (χ0) is 11.5. The molecule has 2 aromatic rings. The molecule has 82 valence electrons. The lowest BCUT2D eigenvalue weighted by Crippen LogP contribution is -1.97. The Hall–Kier alpha value is -2.10. The summed E-state index contributed by atoms with van der Waals surface area (Å²) in [6, 6.07) is 9.50. The second kappa shape index (κ2) is 4.18. The van der Waals surface area contributed by atoms with Gasteiger partial charge in [-0.1, -0.05) is 0 Å². The number of hydrogen-bond acceptors (Lipinski definition) is 4. The van der Waals surface area contributed by atoms with Gasteiger partial charge in [0.15, 0.2) is 0 Å². The van der Waals surface area contributed by atoms with E-state index in [1.54, 1.807) is 7.11 Å². The van der Waals surface area contributed by atoms with Gasteiger partial charge in [-0.2, -0.15) is 0 Å². The Morgan fingerprint density at radius 2 is 1.81 bits per heavy atom. The Labute approximate surface area is 94.1 Å². The second-order valence-corrected chi connectivity index (χ2v) is 3.53. The molecule has 0 atom stereocenters. The average molecular weight is 215 g/mol. The summed E-state index contributed by atoms with van der Waals surface area (Å²) in [7, 11) is 1.64. The summed E-state index contributed by atoms with van der Waals surface area (Å²) >= 11 is 0. The number of anilines is 1. The van der Waals surface area contributed by atoms with Crippen molar-refractivity contribution in [2.45, 2.75) is 6.92 Å². The summed E-state index contributed by atoms with van der Waals surface area (Å²) in [5.41, 5.74) is 8.42. The summed E-state index contributed by atoms with van der Waals surface area (Å²) < 4.78 is 5.10. The van der Waals surface area contributed by atoms with Gasteiger partial charge in [0.05, 0.1) is 12.8 Å². The molecule has 0 radical (unpaired) electrons. The molecule has 0 spiro atoms. The standard InChI is InChI=1S/C12H13N3O/c1-8-7-11(13)14-15-12(8)9-3-5-10(16-2)6-4-9/h3-7H,1-2H3,(H2,13,14). The van der Waals surface area contributed by atoms with E-state index in [0.717, 1.165) is 22.6 Å². The van der Waals surface area contributed by atoms with E-state index >= 15 is 0 Å². The van der Waals surface area contributed by atoms with Gasteiger partial charge in [-0.05, 0) is 42.8 Å². The normalized spacial score (nSPS) is 10.1. The molecule has 1 aromatic carbocycles. The molecular formula is C12H13N3O. The minimum Gasteiger partial charge on any atom is -0.497 e. The minimum atomic E-state index is 0.440. The van der Waals surface area contributed by atoms with Crippen LogP contribution in [0.2, 0.25) is 0 Å². The van der Waals surface area contributed by atoms with Crippen LogP contribution < -0.4 is 10.5 Å². The molecule has 4 heteroatoms. The molecule has 0 fully saturated rings. The Balaban J connectivity index is 2.42. The highest BCUT2D eigenvalue weighted by Crippen LogP contribution is 2.23. The van der Waals surface area contributed by atoms with Gasteiger partial charge in [0.2, 0.25) is 0 Å². The van der Waals surface area contributed by atoms with Crippen LogP contribution in [0.4, 0.5) is 5.82 Å². The molecule has 2 N–H and O–H groups in total. The number of aromatic nitrogens is 2. The van der Waals surface area contributed by atoms with E-state index < -0.39 is 0 Å². The van der Waals surface area contributed by atoms with Crippen molar-refractivity contribution in [1.82, 2.24) is 10.2 Å². The summed E-state index contributed by atoms with van der Waals surface area (Å²) in [6.07, 6.45) is 0. The van der Waals surface area contributed by atoms with Gasteiger partial charge in [0.1, 0.15) is 11.6 Å². The van der Waals surface area contributed by atoms with Crippen molar-refractivity contribution in [2.24, 2.45) is 0 Å². The van der Waals surface area contributed by atoms with Gasteiger partial charge in [0.25, 0.3) is 0 Å². The topological polar surface area (TPSA) is 61.0 Å². The van der Waals surface area contributed by atoms with Crippen LogP contribution in [-0.2, 0) is 0 Å². The van der Waals surface area contributed by atoms with Crippen molar-refractivity contribution in [3.63, 3.8) is 0 Å². The van der Waals surface area contributed by atoms with E-state index in [1.165, 1.54) is 0 Å². The fraction of sp³-hybridized carbons (Fsp3) is 0.167. The number of hydrogen-bond donors (Lipinski definition) is 1. The fourth-order valence-corrected chi connectivity index (χ4v) is 1.54. The van der Waals surface area contributed by atoms with Crippen molar-refractivity contribution in [2.75, 3.05) is 12.8 Å². The third kappa shape index (κ3) is 1.95. The third-order valence-electron chi connectivity index (χ3n) is 2.37. The summed E-state index contributed by atoms with van der Waals surface area (Å²) in [5, 5.41) is 7.94. The van der Waals surface area contributed by atoms with Gasteiger partial charge in [0, 0.05) is 5.56 Å². The molecule has 1 aromatic heterocycles. The summed E-state index contributed by atoms with van der Waals surface area (Å²) in [6.45, 7) is 1.96. The van der Waals surface area contributed by atoms with Crippen molar-refractivity contribution >= 4 is 5.82 Å². The van der Waals surface area contributed by atoms with Crippen molar-refractivity contribution in [1.29, 1.82) is 0 Å². The molecule has 4 nitrogen and oxygen atoms in total. The van der Waals surface area contributed by atoms with Gasteiger partial charge >= 0.3 is 0 Å². The number of nitrogens with two attached hydrogens (primary N) is 1. The first-order valence-electron chi connectivity index (χ1n) is 4.95. The fourth-order valence-electron chi connectivity index (χ4n) is 1.54. The van der Waals surface area contributed by atoms with Gasteiger partial charge in [-0.3, -0.25) is 0 Å². The number of aryl methyl sites for hydroxylation is 1. The number of nitrogen functional groups attached to an aromatic ring is 1. The van der Waals surface area contributed by atoms with E-state index in [9.17, 15) is 0 Å². The molecular weight excluding hydrogens is 202 g/mol. The minimum absolute atomic E-state index is 0.440. The van der Waals surface area contributed by atoms with E-state index in [-0.39, 0.29) is 0 Å². The molecule has 2 rings (SSSR count). The van der Waals surface area contributed by atoms with Crippen LogP contribution in [0.25, 0.3) is 11.3 Å². The van der Waals surface area contributed by atoms with Crippen LogP contribution in [0, 0.1) is 6.92 Å². The lowest BCUT2D eigenvalue weighted by molar-refractivity contribution is 0.415. The predicted octanol–water partition coefficient (Wildman–Crippen LogP) is 2.04. The van der Waals surface area contributed by atoms with Crippen LogP contribution in [0.5, 0.6) is 5.75 Å². The van der Waals surface area contributed by atoms with Crippen molar-refractivity contribution < 1.29 is 4.74 Å². The van der Waals surface area contributed by atoms with Gasteiger partial charge in [-0.25, -0.2) is 0 Å². The predicted molar refractivity (Wildman–Crippen MR) is 63.2 cm³/mol. The first-order chi connectivity index (χ1) is 7.70. The highest BCUT2D eigenvalue weighted by molar-refractivity contribution is 5.64. The zero-order valence-electron chi connectivity index (χ0n) is 9.27. The molecule has 0 aliphatic carbocycles. The smallest absolute Gasteiger partial charge is 0.146 e. The highest BCUT2D eigenvalue weighted by atomic mass is 16.5. The van der Waals surface area contributed by atoms with Gasteiger partial charge in [-0.15, -0.1) is 10.2 Å². The Bertz CT molecular complexity index is 494. The molecule has 0 saturated heterocycles. The Kier molecular flexibility index (Phi) is 2.72. The highest BCUT2D eigenvalue weighted by Gasteiger charge is 2.05. The lowest BCUT2D eigenvalue weighted by atomic mass is 10.1. The van der Waals surface area contributed by atoms with Crippen LogP contribution >= 0.6 is 0 Å². The van der Waals surface area contributed by atoms with Crippen LogP contribution in [0.3, 0.4) is 0 Å². The number of nitrogens with zero attached hydrogens (tertiary/aromatic N) is 2. The van der Waals surface area contributed by atoms with Gasteiger partial charge < -0.3 is 10.5 Å². The van der Waals surface area contributed by atoms with E-state index in [2.05, 4.69) is 10.2 Å². The molecule has 0 unspecified atom stereocenters. The maximum absolute atomic E-state index is 5.56.